The van der Waals surface area contributed by atoms with Crippen LogP contribution in [0.3, 0.4) is 0 Å². The van der Waals surface area contributed by atoms with Gasteiger partial charge in [-0.2, -0.15) is 0 Å². The van der Waals surface area contributed by atoms with Crippen LogP contribution in [-0.4, -0.2) is 16.7 Å². The number of aliphatic hydroxyl groups is 1. The number of ketones is 2. The van der Waals surface area contributed by atoms with E-state index in [4.69, 9.17) is 0 Å². The molecule has 5 heteroatoms. The fourth-order valence-electron chi connectivity index (χ4n) is 3.02. The number of aliphatic hydroxyl groups excluding tert-OH is 1. The summed E-state index contributed by atoms with van der Waals surface area (Å²) in [7, 11) is 0. The van der Waals surface area contributed by atoms with Crippen molar-refractivity contribution < 1.29 is 52.7 Å². The molecule has 0 aliphatic heterocycles. The molecule has 116 valence electrons. The summed E-state index contributed by atoms with van der Waals surface area (Å²) in [5, 5.41) is 12.3. The quantitative estimate of drug-likeness (QED) is 0.596. The smallest absolute Gasteiger partial charge is 0.519 e. The number of hydrogen-bond acceptors (Lipinski definition) is 3. The van der Waals surface area contributed by atoms with Gasteiger partial charge in [0.25, 0.3) is 0 Å². The average Bonchev–Trinajstić information content (AvgIpc) is 2.62. The SMILES string of the molecule is O=C1[C-]=CC([NH2+]c2ccccc2)=C2C(=O)c3ccccc3C(O)=C12.[Y+3]. The summed E-state index contributed by atoms with van der Waals surface area (Å²) in [4.78, 5) is 25.2. The maximum Gasteiger partial charge on any atom is 3.00 e. The number of para-hydroxylation sites is 1. The van der Waals surface area contributed by atoms with E-state index in [1.807, 2.05) is 35.6 Å². The second kappa shape index (κ2) is 7.00. The molecule has 0 atom stereocenters. The molecule has 3 N–H and O–H groups in total. The fraction of sp³-hybridized carbons (Fsp3) is 0. The molecule has 0 bridgehead atoms. The van der Waals surface area contributed by atoms with Crippen molar-refractivity contribution in [2.75, 3.05) is 0 Å². The third kappa shape index (κ3) is 2.97. The molecule has 25 heavy (non-hydrogen) atoms. The van der Waals surface area contributed by atoms with Crippen molar-refractivity contribution in [1.29, 1.82) is 0 Å². The molecule has 0 fully saturated rings. The van der Waals surface area contributed by atoms with E-state index in [1.54, 1.807) is 24.3 Å². The Labute approximate surface area is 169 Å². The third-order valence-electron chi connectivity index (χ3n) is 4.14. The zero-order valence-electron chi connectivity index (χ0n) is 13.2. The number of fused-ring (bicyclic) bond motifs is 2. The minimum atomic E-state index is -0.476. The summed E-state index contributed by atoms with van der Waals surface area (Å²) >= 11 is 0. The van der Waals surface area contributed by atoms with Crippen molar-refractivity contribution in [1.82, 2.24) is 0 Å². The van der Waals surface area contributed by atoms with Crippen molar-refractivity contribution in [3.05, 3.63) is 94.7 Å². The Morgan fingerprint density at radius 1 is 0.840 bits per heavy atom. The van der Waals surface area contributed by atoms with Gasteiger partial charge >= 0.3 is 32.7 Å². The predicted octanol–water partition coefficient (Wildman–Crippen LogP) is 2.24. The average molecular weight is 404 g/mol. The van der Waals surface area contributed by atoms with Gasteiger partial charge in [-0.3, -0.25) is 4.79 Å². The number of carbonyl (C=O) groups excluding carboxylic acids is 2. The second-order valence-corrected chi connectivity index (χ2v) is 5.60. The third-order valence-corrected chi connectivity index (χ3v) is 4.14. The van der Waals surface area contributed by atoms with E-state index in [2.05, 4.69) is 6.08 Å². The van der Waals surface area contributed by atoms with Crippen LogP contribution in [0.1, 0.15) is 15.9 Å². The number of carbonyl (C=O) groups is 2. The second-order valence-electron chi connectivity index (χ2n) is 5.60. The van der Waals surface area contributed by atoms with Gasteiger partial charge < -0.3 is 15.2 Å². The van der Waals surface area contributed by atoms with Gasteiger partial charge in [0.1, 0.15) is 5.69 Å². The van der Waals surface area contributed by atoms with Crippen molar-refractivity contribution in [3.63, 3.8) is 0 Å². The molecule has 2 aromatic carbocycles. The molecule has 0 heterocycles. The van der Waals surface area contributed by atoms with Crippen LogP contribution in [0.15, 0.2) is 77.5 Å². The molecular formula is C20H13NO3Y+3. The van der Waals surface area contributed by atoms with E-state index in [0.29, 0.717) is 16.8 Å². The largest absolute Gasteiger partial charge is 3.00 e. The van der Waals surface area contributed by atoms with Crippen LogP contribution in [0.25, 0.3) is 5.76 Å². The first kappa shape index (κ1) is 17.7. The molecule has 0 spiro atoms. The number of quaternary nitrogens is 1. The Bertz CT molecular complexity index is 971. The standard InChI is InChI=1S/C20H12NO3.Y/c22-16-11-10-15(21-12-6-2-1-3-7-12)17-18(16)20(24)14-9-5-4-8-13(14)19(17)23;/h1-10,21,24H;/q-1;+3/p+1. The van der Waals surface area contributed by atoms with Gasteiger partial charge in [0.05, 0.1) is 11.5 Å². The molecule has 0 aromatic heterocycles. The van der Waals surface area contributed by atoms with Crippen LogP contribution in [0.5, 0.6) is 0 Å². The Kier molecular flexibility index (Phi) is 4.95. The van der Waals surface area contributed by atoms with Crippen molar-refractivity contribution in [3.8, 4) is 0 Å². The molecule has 4 rings (SSSR count). The van der Waals surface area contributed by atoms with Crippen LogP contribution < -0.4 is 5.32 Å². The zero-order valence-corrected chi connectivity index (χ0v) is 16.0. The van der Waals surface area contributed by atoms with Gasteiger partial charge in [0, 0.05) is 16.8 Å². The Hall–Kier alpha value is -2.14. The van der Waals surface area contributed by atoms with Crippen molar-refractivity contribution in [2.45, 2.75) is 0 Å². The summed E-state index contributed by atoms with van der Waals surface area (Å²) in [5.74, 6) is -0.896. The number of allylic oxidation sites excluding steroid dienone is 4. The van der Waals surface area contributed by atoms with Crippen LogP contribution in [0.4, 0.5) is 5.69 Å². The Morgan fingerprint density at radius 3 is 2.20 bits per heavy atom. The molecule has 0 saturated carbocycles. The molecule has 2 aliphatic rings. The van der Waals surface area contributed by atoms with Crippen LogP contribution in [0.2, 0.25) is 0 Å². The molecule has 0 saturated heterocycles. The number of nitrogens with two attached hydrogens (primary N) is 1. The van der Waals surface area contributed by atoms with E-state index in [-0.39, 0.29) is 55.4 Å². The number of rotatable bonds is 2. The van der Waals surface area contributed by atoms with Crippen LogP contribution in [0, 0.1) is 6.08 Å². The molecule has 0 radical (unpaired) electrons. The Morgan fingerprint density at radius 2 is 1.48 bits per heavy atom. The molecular weight excluding hydrogens is 391 g/mol. The summed E-state index contributed by atoms with van der Waals surface area (Å²) in [5.41, 5.74) is 2.52. The normalized spacial score (nSPS) is 15.7. The van der Waals surface area contributed by atoms with Gasteiger partial charge in [0.15, 0.2) is 5.78 Å². The molecule has 0 amide bonds. The van der Waals surface area contributed by atoms with Gasteiger partial charge in [-0.25, -0.2) is 0 Å². The summed E-state index contributed by atoms with van der Waals surface area (Å²) in [6, 6.07) is 16.3. The van der Waals surface area contributed by atoms with E-state index < -0.39 is 5.78 Å². The first-order valence-corrected chi connectivity index (χ1v) is 7.52. The van der Waals surface area contributed by atoms with E-state index in [9.17, 15) is 14.7 Å². The first-order chi connectivity index (χ1) is 11.7. The summed E-state index contributed by atoms with van der Waals surface area (Å²) in [6.45, 7) is 0. The minimum absolute atomic E-state index is 0. The monoisotopic (exact) mass is 404 g/mol. The van der Waals surface area contributed by atoms with Crippen LogP contribution >= 0.6 is 0 Å². The zero-order chi connectivity index (χ0) is 16.7. The molecule has 4 nitrogen and oxygen atoms in total. The minimum Gasteiger partial charge on any atom is -0.519 e. The number of Topliss-reactive ketones (excluding diaryl/α,β-unsaturated/α-hetero) is 2. The number of hydrogen-bond donors (Lipinski definition) is 2. The van der Waals surface area contributed by atoms with E-state index in [1.165, 1.54) is 6.08 Å². The van der Waals surface area contributed by atoms with Gasteiger partial charge in [-0.05, 0) is 23.3 Å². The molecule has 2 aromatic rings. The Balaban J connectivity index is 0.00000182. The van der Waals surface area contributed by atoms with Gasteiger partial charge in [0.2, 0.25) is 0 Å². The van der Waals surface area contributed by atoms with Crippen molar-refractivity contribution in [2.24, 2.45) is 0 Å². The fourth-order valence-corrected chi connectivity index (χ4v) is 3.02. The van der Waals surface area contributed by atoms with E-state index >= 15 is 0 Å². The van der Waals surface area contributed by atoms with Gasteiger partial charge in [-0.1, -0.05) is 42.5 Å². The summed E-state index contributed by atoms with van der Waals surface area (Å²) < 4.78 is 0. The van der Waals surface area contributed by atoms with Gasteiger partial charge in [-0.15, -0.1) is 12.2 Å². The van der Waals surface area contributed by atoms with Crippen molar-refractivity contribution >= 4 is 23.0 Å². The number of benzene rings is 2. The topological polar surface area (TPSA) is 71.0 Å². The summed E-state index contributed by atoms with van der Waals surface area (Å²) in [6.07, 6.45) is 4.12. The van der Waals surface area contributed by atoms with Crippen LogP contribution in [-0.2, 0) is 37.5 Å². The molecule has 0 unspecified atom stereocenters. The first-order valence-electron chi connectivity index (χ1n) is 7.52. The maximum atomic E-state index is 12.9. The maximum absolute atomic E-state index is 12.9. The van der Waals surface area contributed by atoms with E-state index in [0.717, 1.165) is 5.69 Å². The predicted molar refractivity (Wildman–Crippen MR) is 88.2 cm³/mol. The molecule has 2 aliphatic carbocycles.